The van der Waals surface area contributed by atoms with Gasteiger partial charge in [0.1, 0.15) is 6.54 Å². The Hall–Kier alpha value is -2.38. The maximum atomic E-state index is 12.9. The normalized spacial score (nSPS) is 22.2. The van der Waals surface area contributed by atoms with E-state index < -0.39 is 5.54 Å². The highest BCUT2D eigenvalue weighted by Crippen LogP contribution is 2.35. The van der Waals surface area contributed by atoms with Gasteiger partial charge in [0.2, 0.25) is 11.8 Å². The van der Waals surface area contributed by atoms with Crippen molar-refractivity contribution in [2.24, 2.45) is 0 Å². The van der Waals surface area contributed by atoms with E-state index in [1.54, 1.807) is 39.0 Å². The Bertz CT molecular complexity index is 915. The molecule has 0 aliphatic carbocycles. The summed E-state index contributed by atoms with van der Waals surface area (Å²) in [6, 6.07) is 8.71. The van der Waals surface area contributed by atoms with Gasteiger partial charge in [-0.3, -0.25) is 14.4 Å². The zero-order valence-electron chi connectivity index (χ0n) is 15.4. The number of nitrogens with zero attached hydrogens (tertiary/aromatic N) is 3. The molecule has 0 bridgehead atoms. The average molecular weight is 418 g/mol. The van der Waals surface area contributed by atoms with E-state index in [2.05, 4.69) is 0 Å². The van der Waals surface area contributed by atoms with Crippen LogP contribution in [0.25, 0.3) is 0 Å². The molecule has 28 heavy (non-hydrogen) atoms. The van der Waals surface area contributed by atoms with Gasteiger partial charge in [0.05, 0.1) is 17.8 Å². The Morgan fingerprint density at radius 1 is 1.14 bits per heavy atom. The number of halogens is 1. The van der Waals surface area contributed by atoms with Gasteiger partial charge in [-0.15, -0.1) is 0 Å². The molecule has 0 saturated carbocycles. The van der Waals surface area contributed by atoms with Crippen LogP contribution in [0.2, 0.25) is 5.02 Å². The number of carbonyl (C=O) groups excluding carboxylic acids is 3. The maximum absolute atomic E-state index is 12.9. The molecule has 3 heterocycles. The van der Waals surface area contributed by atoms with Crippen LogP contribution in [-0.4, -0.2) is 59.2 Å². The second kappa shape index (κ2) is 7.22. The molecule has 2 aromatic rings. The summed E-state index contributed by atoms with van der Waals surface area (Å²) in [4.78, 5) is 43.1. The van der Waals surface area contributed by atoms with Crippen molar-refractivity contribution >= 4 is 46.3 Å². The van der Waals surface area contributed by atoms with Crippen LogP contribution >= 0.6 is 22.9 Å². The summed E-state index contributed by atoms with van der Waals surface area (Å²) in [6.07, 6.45) is 0.639. The van der Waals surface area contributed by atoms with Gasteiger partial charge in [0.15, 0.2) is 0 Å². The molecule has 4 rings (SSSR count). The molecule has 0 N–H and O–H groups in total. The van der Waals surface area contributed by atoms with Crippen LogP contribution in [0.15, 0.2) is 41.1 Å². The van der Waals surface area contributed by atoms with E-state index >= 15 is 0 Å². The van der Waals surface area contributed by atoms with Crippen molar-refractivity contribution in [3.05, 3.63) is 51.7 Å². The highest BCUT2D eigenvalue weighted by molar-refractivity contribution is 7.08. The van der Waals surface area contributed by atoms with E-state index in [9.17, 15) is 14.4 Å². The first kappa shape index (κ1) is 19.0. The molecule has 8 heteroatoms. The van der Waals surface area contributed by atoms with Gasteiger partial charge in [-0.25, -0.2) is 0 Å². The number of rotatable bonds is 2. The van der Waals surface area contributed by atoms with Gasteiger partial charge < -0.3 is 14.7 Å². The highest BCUT2D eigenvalue weighted by atomic mass is 35.5. The zero-order chi connectivity index (χ0) is 19.9. The predicted molar refractivity (Wildman–Crippen MR) is 109 cm³/mol. The fourth-order valence-corrected chi connectivity index (χ4v) is 4.87. The molecule has 2 saturated heterocycles. The molecule has 6 nitrogen and oxygen atoms in total. The van der Waals surface area contributed by atoms with Gasteiger partial charge in [0.25, 0.3) is 5.91 Å². The van der Waals surface area contributed by atoms with Gasteiger partial charge >= 0.3 is 0 Å². The van der Waals surface area contributed by atoms with E-state index in [-0.39, 0.29) is 24.3 Å². The summed E-state index contributed by atoms with van der Waals surface area (Å²) in [5, 5.41) is 4.44. The monoisotopic (exact) mass is 417 g/mol. The molecule has 0 radical (unpaired) electrons. The number of likely N-dealkylation sites (tertiary alicyclic amines) is 1. The quantitative estimate of drug-likeness (QED) is 0.754. The van der Waals surface area contributed by atoms with Crippen molar-refractivity contribution in [3.63, 3.8) is 0 Å². The fourth-order valence-electron chi connectivity index (χ4n) is 4.10. The Labute approximate surface area is 172 Å². The van der Waals surface area contributed by atoms with Crippen LogP contribution in [0, 0.1) is 0 Å². The molecule has 146 valence electrons. The van der Waals surface area contributed by atoms with Crippen LogP contribution in [0.1, 0.15) is 23.7 Å². The standard InChI is InChI=1S/C20H20ClN3O3S/c1-14(25)24-10-18(26)23(17-6-9-28-11-17)13-20(24)7-8-22(12-20)19(27)15-2-4-16(21)5-3-15/h2-6,9,11H,7-8,10,12-13H2,1H3/t20-/m0/s1. The lowest BCUT2D eigenvalue weighted by atomic mass is 9.92. The minimum atomic E-state index is -0.566. The Balaban J connectivity index is 1.60. The largest absolute Gasteiger partial charge is 0.336 e. The molecule has 1 aromatic heterocycles. The lowest BCUT2D eigenvalue weighted by Gasteiger charge is -2.47. The molecule has 2 aliphatic heterocycles. The number of carbonyl (C=O) groups is 3. The molecular weight excluding hydrogens is 398 g/mol. The first-order valence-electron chi connectivity index (χ1n) is 9.05. The summed E-state index contributed by atoms with van der Waals surface area (Å²) < 4.78 is 0. The Morgan fingerprint density at radius 3 is 2.54 bits per heavy atom. The molecule has 1 atom stereocenters. The van der Waals surface area contributed by atoms with Gasteiger partial charge in [-0.1, -0.05) is 11.6 Å². The third kappa shape index (κ3) is 3.29. The number of thiophene rings is 1. The predicted octanol–water partition coefficient (Wildman–Crippen LogP) is 2.88. The summed E-state index contributed by atoms with van der Waals surface area (Å²) >= 11 is 7.45. The summed E-state index contributed by atoms with van der Waals surface area (Å²) in [6.45, 7) is 2.86. The molecule has 0 unspecified atom stereocenters. The SMILES string of the molecule is CC(=O)N1CC(=O)N(c2ccsc2)C[C@@]12CCN(C(=O)c1ccc(Cl)cc1)C2. The third-order valence-electron chi connectivity index (χ3n) is 5.53. The van der Waals surface area contributed by atoms with Crippen LogP contribution in [0.4, 0.5) is 5.69 Å². The van der Waals surface area contributed by atoms with Crippen LogP contribution in [0.5, 0.6) is 0 Å². The number of hydrogen-bond acceptors (Lipinski definition) is 4. The summed E-state index contributed by atoms with van der Waals surface area (Å²) in [5.41, 5.74) is 0.849. The molecule has 3 amide bonds. The fraction of sp³-hybridized carbons (Fsp3) is 0.350. The number of benzene rings is 1. The summed E-state index contributed by atoms with van der Waals surface area (Å²) in [5.74, 6) is -0.322. The molecule has 2 fully saturated rings. The molecule has 1 aromatic carbocycles. The molecular formula is C20H20ClN3O3S. The van der Waals surface area contributed by atoms with Crippen LogP contribution < -0.4 is 4.90 Å². The van der Waals surface area contributed by atoms with E-state index in [1.807, 2.05) is 16.8 Å². The molecule has 1 spiro atoms. The smallest absolute Gasteiger partial charge is 0.253 e. The van der Waals surface area contributed by atoms with Crippen LogP contribution in [-0.2, 0) is 9.59 Å². The van der Waals surface area contributed by atoms with Crippen molar-refractivity contribution in [3.8, 4) is 0 Å². The van der Waals surface area contributed by atoms with E-state index in [0.29, 0.717) is 36.6 Å². The number of hydrogen-bond donors (Lipinski definition) is 0. The number of piperazine rings is 1. The Morgan fingerprint density at radius 2 is 1.89 bits per heavy atom. The van der Waals surface area contributed by atoms with E-state index in [4.69, 9.17) is 11.6 Å². The van der Waals surface area contributed by atoms with Crippen molar-refractivity contribution < 1.29 is 14.4 Å². The van der Waals surface area contributed by atoms with E-state index in [0.717, 1.165) is 5.69 Å². The second-order valence-corrected chi connectivity index (χ2v) is 8.49. The summed E-state index contributed by atoms with van der Waals surface area (Å²) in [7, 11) is 0. The van der Waals surface area contributed by atoms with Crippen molar-refractivity contribution in [2.45, 2.75) is 18.9 Å². The van der Waals surface area contributed by atoms with Crippen molar-refractivity contribution in [1.29, 1.82) is 0 Å². The topological polar surface area (TPSA) is 60.9 Å². The van der Waals surface area contributed by atoms with E-state index in [1.165, 1.54) is 18.3 Å². The van der Waals surface area contributed by atoms with Gasteiger partial charge in [-0.2, -0.15) is 11.3 Å². The zero-order valence-corrected chi connectivity index (χ0v) is 17.0. The van der Waals surface area contributed by atoms with Crippen molar-refractivity contribution in [1.82, 2.24) is 9.80 Å². The minimum Gasteiger partial charge on any atom is -0.336 e. The van der Waals surface area contributed by atoms with Crippen LogP contribution in [0.3, 0.4) is 0 Å². The lowest BCUT2D eigenvalue weighted by molar-refractivity contribution is -0.142. The average Bonchev–Trinajstić information content (AvgIpc) is 3.34. The van der Waals surface area contributed by atoms with Crippen molar-refractivity contribution in [2.75, 3.05) is 31.1 Å². The maximum Gasteiger partial charge on any atom is 0.253 e. The minimum absolute atomic E-state index is 0.0359. The number of anilines is 1. The highest BCUT2D eigenvalue weighted by Gasteiger charge is 2.51. The lowest BCUT2D eigenvalue weighted by Crippen LogP contribution is -2.67. The van der Waals surface area contributed by atoms with Gasteiger partial charge in [0, 0.05) is 36.0 Å². The Kier molecular flexibility index (Phi) is 4.89. The third-order valence-corrected chi connectivity index (χ3v) is 6.45. The molecule has 2 aliphatic rings. The first-order chi connectivity index (χ1) is 13.4. The second-order valence-electron chi connectivity index (χ2n) is 7.27. The first-order valence-corrected chi connectivity index (χ1v) is 10.4. The number of amides is 3. The van der Waals surface area contributed by atoms with Gasteiger partial charge in [-0.05, 0) is 42.1 Å².